The van der Waals surface area contributed by atoms with E-state index >= 15 is 0 Å². The molecule has 3 atom stereocenters. The molecule has 3 heteroatoms. The van der Waals surface area contributed by atoms with Crippen LogP contribution in [0.3, 0.4) is 0 Å². The minimum atomic E-state index is -0.0707. The van der Waals surface area contributed by atoms with Crippen molar-refractivity contribution < 1.29 is 4.39 Å². The van der Waals surface area contributed by atoms with Crippen molar-refractivity contribution in [1.29, 1.82) is 0 Å². The number of fused-ring (bicyclic) bond motifs is 2. The molecule has 0 aromatic heterocycles. The lowest BCUT2D eigenvalue weighted by molar-refractivity contribution is 0.108. The summed E-state index contributed by atoms with van der Waals surface area (Å²) >= 11 is 0. The molecule has 0 spiro atoms. The Labute approximate surface area is 132 Å². The SMILES string of the molecule is Fc1ccccc1CN1CCN(C[C@@H]2C[C@@H]3C=C[C@H]2C3)CC1. The van der Waals surface area contributed by atoms with Crippen LogP contribution in [0.5, 0.6) is 0 Å². The molecule has 1 aromatic carbocycles. The van der Waals surface area contributed by atoms with E-state index < -0.39 is 0 Å². The van der Waals surface area contributed by atoms with Gasteiger partial charge in [0.1, 0.15) is 5.82 Å². The fourth-order valence-electron chi connectivity index (χ4n) is 4.43. The molecule has 118 valence electrons. The van der Waals surface area contributed by atoms with Crippen molar-refractivity contribution >= 4 is 0 Å². The Kier molecular flexibility index (Phi) is 4.01. The Balaban J connectivity index is 1.26. The average molecular weight is 300 g/mol. The fourth-order valence-corrected chi connectivity index (χ4v) is 4.43. The van der Waals surface area contributed by atoms with Gasteiger partial charge in [-0.15, -0.1) is 0 Å². The van der Waals surface area contributed by atoms with Gasteiger partial charge >= 0.3 is 0 Å². The number of halogens is 1. The highest BCUT2D eigenvalue weighted by atomic mass is 19.1. The summed E-state index contributed by atoms with van der Waals surface area (Å²) < 4.78 is 13.7. The standard InChI is InChI=1S/C19H25FN2/c20-19-4-2-1-3-17(19)13-21-7-9-22(10-8-21)14-18-12-15-5-6-16(18)11-15/h1-6,15-16,18H,7-14H2/t15-,16+,18+/m1/s1. The second-order valence-corrected chi connectivity index (χ2v) is 7.21. The van der Waals surface area contributed by atoms with Crippen molar-refractivity contribution in [3.05, 3.63) is 47.8 Å². The lowest BCUT2D eigenvalue weighted by Crippen LogP contribution is -2.47. The van der Waals surface area contributed by atoms with Crippen molar-refractivity contribution in [3.8, 4) is 0 Å². The van der Waals surface area contributed by atoms with Gasteiger partial charge in [-0.25, -0.2) is 4.39 Å². The van der Waals surface area contributed by atoms with Crippen LogP contribution in [-0.2, 0) is 6.54 Å². The van der Waals surface area contributed by atoms with Crippen LogP contribution >= 0.6 is 0 Å². The maximum atomic E-state index is 13.7. The van der Waals surface area contributed by atoms with Crippen LogP contribution in [0.2, 0.25) is 0 Å². The Bertz CT molecular complexity index is 548. The van der Waals surface area contributed by atoms with Crippen molar-refractivity contribution in [2.75, 3.05) is 32.7 Å². The summed E-state index contributed by atoms with van der Waals surface area (Å²) in [5, 5.41) is 0. The molecule has 2 fully saturated rings. The molecule has 1 saturated heterocycles. The third-order valence-electron chi connectivity index (χ3n) is 5.73. The van der Waals surface area contributed by atoms with Crippen LogP contribution in [0.15, 0.2) is 36.4 Å². The Hall–Kier alpha value is -1.19. The molecule has 0 unspecified atom stereocenters. The fraction of sp³-hybridized carbons (Fsp3) is 0.579. The monoisotopic (exact) mass is 300 g/mol. The summed E-state index contributed by atoms with van der Waals surface area (Å²) in [6.07, 6.45) is 7.68. The summed E-state index contributed by atoms with van der Waals surface area (Å²) in [5.41, 5.74) is 0.828. The van der Waals surface area contributed by atoms with Gasteiger partial charge in [-0.2, -0.15) is 0 Å². The van der Waals surface area contributed by atoms with Crippen LogP contribution in [-0.4, -0.2) is 42.5 Å². The summed E-state index contributed by atoms with van der Waals surface area (Å²) in [5.74, 6) is 2.53. The first-order valence-electron chi connectivity index (χ1n) is 8.64. The van der Waals surface area contributed by atoms with Crippen LogP contribution in [0.4, 0.5) is 4.39 Å². The minimum Gasteiger partial charge on any atom is -0.300 e. The number of rotatable bonds is 4. The second kappa shape index (κ2) is 6.13. The lowest BCUT2D eigenvalue weighted by atomic mass is 9.93. The Morgan fingerprint density at radius 3 is 2.41 bits per heavy atom. The average Bonchev–Trinajstić information content (AvgIpc) is 3.14. The normalized spacial score (nSPS) is 32.0. The molecule has 1 heterocycles. The molecule has 1 saturated carbocycles. The van der Waals surface area contributed by atoms with Crippen LogP contribution in [0.1, 0.15) is 18.4 Å². The molecule has 4 rings (SSSR count). The number of hydrogen-bond donors (Lipinski definition) is 0. The van der Waals surface area contributed by atoms with Gasteiger partial charge in [-0.1, -0.05) is 30.4 Å². The molecule has 0 N–H and O–H groups in total. The number of hydrogen-bond acceptors (Lipinski definition) is 2. The zero-order valence-corrected chi connectivity index (χ0v) is 13.1. The summed E-state index contributed by atoms with van der Waals surface area (Å²) in [6.45, 7) is 6.39. The van der Waals surface area contributed by atoms with E-state index in [-0.39, 0.29) is 5.82 Å². The molecule has 3 aliphatic rings. The highest BCUT2D eigenvalue weighted by molar-refractivity contribution is 5.17. The van der Waals surface area contributed by atoms with Crippen molar-refractivity contribution in [3.63, 3.8) is 0 Å². The number of benzene rings is 1. The Morgan fingerprint density at radius 1 is 0.955 bits per heavy atom. The topological polar surface area (TPSA) is 6.48 Å². The summed E-state index contributed by atoms with van der Waals surface area (Å²) in [4.78, 5) is 5.01. The van der Waals surface area contributed by atoms with Gasteiger partial charge in [0.2, 0.25) is 0 Å². The van der Waals surface area contributed by atoms with Gasteiger partial charge in [0.15, 0.2) is 0 Å². The highest BCUT2D eigenvalue weighted by Crippen LogP contribution is 2.43. The van der Waals surface area contributed by atoms with Crippen LogP contribution < -0.4 is 0 Å². The molecule has 2 aliphatic carbocycles. The molecule has 0 radical (unpaired) electrons. The summed E-state index contributed by atoms with van der Waals surface area (Å²) in [6, 6.07) is 7.16. The molecular weight excluding hydrogens is 275 g/mol. The molecular formula is C19H25FN2. The van der Waals surface area contributed by atoms with Gasteiger partial charge < -0.3 is 4.90 Å². The van der Waals surface area contributed by atoms with E-state index in [1.165, 1.54) is 19.4 Å². The van der Waals surface area contributed by atoms with Gasteiger partial charge in [-0.05, 0) is 36.7 Å². The van der Waals surface area contributed by atoms with E-state index in [0.29, 0.717) is 0 Å². The third-order valence-corrected chi connectivity index (χ3v) is 5.73. The van der Waals surface area contributed by atoms with Gasteiger partial charge in [0.25, 0.3) is 0 Å². The molecule has 1 aliphatic heterocycles. The van der Waals surface area contributed by atoms with Crippen molar-refractivity contribution in [2.45, 2.75) is 19.4 Å². The van der Waals surface area contributed by atoms with E-state index in [2.05, 4.69) is 22.0 Å². The lowest BCUT2D eigenvalue weighted by Gasteiger charge is -2.37. The first-order chi connectivity index (χ1) is 10.8. The van der Waals surface area contributed by atoms with E-state index in [0.717, 1.165) is 56.0 Å². The zero-order chi connectivity index (χ0) is 14.9. The van der Waals surface area contributed by atoms with E-state index in [4.69, 9.17) is 0 Å². The largest absolute Gasteiger partial charge is 0.300 e. The van der Waals surface area contributed by atoms with Gasteiger partial charge in [0.05, 0.1) is 0 Å². The second-order valence-electron chi connectivity index (χ2n) is 7.21. The first kappa shape index (κ1) is 14.4. The van der Waals surface area contributed by atoms with E-state index in [1.54, 1.807) is 12.1 Å². The van der Waals surface area contributed by atoms with Crippen LogP contribution in [0.25, 0.3) is 0 Å². The maximum absolute atomic E-state index is 13.7. The van der Waals surface area contributed by atoms with E-state index in [9.17, 15) is 4.39 Å². The predicted molar refractivity (Wildman–Crippen MR) is 87.0 cm³/mol. The smallest absolute Gasteiger partial charge is 0.127 e. The van der Waals surface area contributed by atoms with E-state index in [1.807, 2.05) is 12.1 Å². The number of nitrogens with zero attached hydrogens (tertiary/aromatic N) is 2. The molecule has 0 amide bonds. The predicted octanol–water partition coefficient (Wildman–Crippen LogP) is 3.16. The molecule has 1 aromatic rings. The third kappa shape index (κ3) is 2.97. The Morgan fingerprint density at radius 2 is 1.73 bits per heavy atom. The van der Waals surface area contributed by atoms with Gasteiger partial charge in [-0.3, -0.25) is 4.90 Å². The zero-order valence-electron chi connectivity index (χ0n) is 13.1. The molecule has 22 heavy (non-hydrogen) atoms. The minimum absolute atomic E-state index is 0.0707. The number of piperazine rings is 1. The van der Waals surface area contributed by atoms with Gasteiger partial charge in [0, 0.05) is 44.8 Å². The maximum Gasteiger partial charge on any atom is 0.127 e. The highest BCUT2D eigenvalue weighted by Gasteiger charge is 2.36. The molecule has 2 bridgehead atoms. The van der Waals surface area contributed by atoms with Crippen molar-refractivity contribution in [2.24, 2.45) is 17.8 Å². The number of allylic oxidation sites excluding steroid dienone is 2. The quantitative estimate of drug-likeness (QED) is 0.788. The van der Waals surface area contributed by atoms with Crippen molar-refractivity contribution in [1.82, 2.24) is 9.80 Å². The van der Waals surface area contributed by atoms with Crippen LogP contribution in [0, 0.1) is 23.6 Å². The first-order valence-corrected chi connectivity index (χ1v) is 8.64. The summed E-state index contributed by atoms with van der Waals surface area (Å²) in [7, 11) is 0. The molecule has 2 nitrogen and oxygen atoms in total.